The van der Waals surface area contributed by atoms with E-state index in [4.69, 9.17) is 12.5 Å². The van der Waals surface area contributed by atoms with E-state index in [9.17, 15) is 0 Å². The Morgan fingerprint density at radius 2 is 1.53 bits per heavy atom. The summed E-state index contributed by atoms with van der Waals surface area (Å²) in [6.45, 7) is 12.4. The molecule has 286 valence electrons. The van der Waals surface area contributed by atoms with E-state index in [1.54, 1.807) is 24.7 Å². The molecule has 0 aliphatic heterocycles. The number of ether oxygens (including phenoxy) is 1. The Morgan fingerprint density at radius 3 is 2.33 bits per heavy atom. The molecule has 0 radical (unpaired) electrons. The molecule has 4 heterocycles. The van der Waals surface area contributed by atoms with Crippen molar-refractivity contribution in [3.05, 3.63) is 170 Å². The minimum Gasteiger partial charge on any atom is -0.508 e. The van der Waals surface area contributed by atoms with Gasteiger partial charge in [-0.2, -0.15) is 6.07 Å². The van der Waals surface area contributed by atoms with Gasteiger partial charge in [0.25, 0.3) is 6.33 Å². The third kappa shape index (κ3) is 7.55. The SMILES string of the molecule is [2H]C([2H])(c1ccnc(-n2c3[c-]c(Oc4[c-]c(-n5[c-][n+](-c6cccc(C(C)(C)C)c6)c6ccccc65)cnc4)ccc3c3cc(-c4ccccc4)ccc32)c1)C(C)(C)C.[Pt]. The molecule has 0 aliphatic rings. The second kappa shape index (κ2) is 14.9. The summed E-state index contributed by atoms with van der Waals surface area (Å²) in [7, 11) is 0. The Morgan fingerprint density at radius 1 is 0.719 bits per heavy atom. The smallest absolute Gasteiger partial charge is 0.268 e. The quantitative estimate of drug-likeness (QED) is 0.118. The maximum absolute atomic E-state index is 9.04. The molecule has 0 amide bonds. The van der Waals surface area contributed by atoms with Crippen molar-refractivity contribution >= 4 is 32.8 Å². The predicted molar refractivity (Wildman–Crippen MR) is 225 cm³/mol. The van der Waals surface area contributed by atoms with Gasteiger partial charge in [0.15, 0.2) is 0 Å². The summed E-state index contributed by atoms with van der Waals surface area (Å²) in [4.78, 5) is 9.37. The number of benzene rings is 5. The first kappa shape index (κ1) is 35.6. The fourth-order valence-electron chi connectivity index (χ4n) is 7.28. The fourth-order valence-corrected chi connectivity index (χ4v) is 7.28. The summed E-state index contributed by atoms with van der Waals surface area (Å²) in [5.41, 5.74) is 8.71. The summed E-state index contributed by atoms with van der Waals surface area (Å²) in [5, 5.41) is 1.99. The molecule has 0 fully saturated rings. The number of nitrogens with zero attached hydrogens (tertiary/aromatic N) is 5. The van der Waals surface area contributed by atoms with Gasteiger partial charge >= 0.3 is 0 Å². The molecule has 4 aromatic heterocycles. The van der Waals surface area contributed by atoms with Gasteiger partial charge in [0.2, 0.25) is 0 Å². The maximum Gasteiger partial charge on any atom is 0.268 e. The van der Waals surface area contributed by atoms with Crippen LogP contribution in [0.2, 0.25) is 0 Å². The Bertz CT molecular complexity index is 2990. The molecule has 0 aliphatic carbocycles. The molecule has 0 atom stereocenters. The van der Waals surface area contributed by atoms with Gasteiger partial charge in [-0.05, 0) is 87.1 Å². The van der Waals surface area contributed by atoms with Crippen LogP contribution < -0.4 is 9.30 Å². The summed E-state index contributed by atoms with van der Waals surface area (Å²) in [6.07, 6.45) is 7.05. The van der Waals surface area contributed by atoms with Crippen LogP contribution in [0.15, 0.2) is 140 Å². The molecular weight excluding hydrogens is 882 g/mol. The Balaban J connectivity index is 0.00000484. The summed E-state index contributed by atoms with van der Waals surface area (Å²) in [5.74, 6) is 1.50. The number of rotatable bonds is 7. The standard InChI is InChI=1S/C50H43N5O.Pt/c1-49(2,3)30-34-23-24-52-48(25-34)55-44-22-19-36(35-13-8-7-9-14-35)26-43(44)42-21-20-40(29-47(42)55)56-41-28-39(31-51-32-41)54-33-53(45-17-10-11-18-46(45)54)38-16-12-15-37(27-38)50(4,5)6;/h7-27,31-32H,30H2,1-6H3;/q-2;/i30D2;. The Labute approximate surface area is 351 Å². The molecule has 0 bridgehead atoms. The largest absolute Gasteiger partial charge is 0.508 e. The molecule has 9 rings (SSSR count). The van der Waals surface area contributed by atoms with E-state index >= 15 is 0 Å². The zero-order valence-corrected chi connectivity index (χ0v) is 35.0. The van der Waals surface area contributed by atoms with Crippen LogP contribution in [-0.2, 0) is 32.9 Å². The summed E-state index contributed by atoms with van der Waals surface area (Å²) < 4.78 is 30.7. The second-order valence-electron chi connectivity index (χ2n) is 16.2. The van der Waals surface area contributed by atoms with Gasteiger partial charge in [-0.1, -0.05) is 132 Å². The molecule has 6 nitrogen and oxygen atoms in total. The van der Waals surface area contributed by atoms with Crippen molar-refractivity contribution in [2.75, 3.05) is 0 Å². The van der Waals surface area contributed by atoms with Crippen molar-refractivity contribution in [2.24, 2.45) is 5.41 Å². The van der Waals surface area contributed by atoms with Crippen molar-refractivity contribution in [1.29, 1.82) is 0 Å². The van der Waals surface area contributed by atoms with Crippen LogP contribution in [0.25, 0.3) is 61.2 Å². The molecule has 9 aromatic rings. The first-order valence-electron chi connectivity index (χ1n) is 19.9. The van der Waals surface area contributed by atoms with Gasteiger partial charge in [0, 0.05) is 47.0 Å². The maximum atomic E-state index is 9.04. The van der Waals surface area contributed by atoms with Gasteiger partial charge in [-0.3, -0.25) is 4.57 Å². The molecule has 0 spiro atoms. The van der Waals surface area contributed by atoms with Crippen molar-refractivity contribution in [2.45, 2.75) is 53.3 Å². The third-order valence-electron chi connectivity index (χ3n) is 9.89. The zero-order chi connectivity index (χ0) is 40.4. The fraction of sp³-hybridized carbons (Fsp3) is 0.180. The Hall–Kier alpha value is -5.84. The van der Waals surface area contributed by atoms with Crippen molar-refractivity contribution < 1.29 is 33.1 Å². The van der Waals surface area contributed by atoms with E-state index < -0.39 is 11.8 Å². The molecule has 0 N–H and O–H groups in total. The van der Waals surface area contributed by atoms with Gasteiger partial charge in [0.1, 0.15) is 5.82 Å². The molecule has 0 saturated heterocycles. The van der Waals surface area contributed by atoms with Crippen LogP contribution in [0.1, 0.15) is 55.4 Å². The molecule has 0 saturated carbocycles. The molecule has 5 aromatic carbocycles. The van der Waals surface area contributed by atoms with Crippen molar-refractivity contribution in [3.8, 4) is 39.8 Å². The number of aromatic nitrogens is 5. The molecule has 7 heteroatoms. The molecule has 0 unspecified atom stereocenters. The van der Waals surface area contributed by atoms with E-state index in [2.05, 4.69) is 116 Å². The summed E-state index contributed by atoms with van der Waals surface area (Å²) >= 11 is 0. The third-order valence-corrected chi connectivity index (χ3v) is 9.89. The second-order valence-corrected chi connectivity index (χ2v) is 16.2. The van der Waals surface area contributed by atoms with E-state index in [0.29, 0.717) is 28.6 Å². The minimum absolute atomic E-state index is 0. The number of pyridine rings is 2. The minimum atomic E-state index is -1.60. The van der Waals surface area contributed by atoms with E-state index in [-0.39, 0.29) is 26.5 Å². The van der Waals surface area contributed by atoms with Crippen molar-refractivity contribution in [3.63, 3.8) is 0 Å². The predicted octanol–water partition coefficient (Wildman–Crippen LogP) is 11.5. The van der Waals surface area contributed by atoms with Crippen LogP contribution in [0.5, 0.6) is 11.5 Å². The average Bonchev–Trinajstić information content (AvgIpc) is 3.76. The van der Waals surface area contributed by atoms with Crippen LogP contribution in [-0.4, -0.2) is 19.1 Å². The Kier molecular flexibility index (Phi) is 9.30. The number of imidazole rings is 1. The number of hydrogen-bond acceptors (Lipinski definition) is 3. The first-order valence-corrected chi connectivity index (χ1v) is 18.9. The monoisotopic (exact) mass is 926 g/mol. The normalized spacial score (nSPS) is 12.7. The van der Waals surface area contributed by atoms with Crippen LogP contribution >= 0.6 is 0 Å². The average molecular weight is 927 g/mol. The summed E-state index contributed by atoms with van der Waals surface area (Å²) in [6, 6.07) is 48.1. The van der Waals surface area contributed by atoms with Gasteiger partial charge in [-0.15, -0.1) is 23.6 Å². The van der Waals surface area contributed by atoms with E-state index in [0.717, 1.165) is 49.7 Å². The molecule has 57 heavy (non-hydrogen) atoms. The number of fused-ring (bicyclic) bond motifs is 4. The van der Waals surface area contributed by atoms with Crippen LogP contribution in [0.3, 0.4) is 0 Å². The van der Waals surface area contributed by atoms with E-state index in [1.807, 2.05) is 78.4 Å². The molecular formula is C50H43N5OPt-2. The first-order chi connectivity index (χ1) is 27.8. The van der Waals surface area contributed by atoms with Gasteiger partial charge in [-0.25, -0.2) is 4.98 Å². The number of hydrogen-bond donors (Lipinski definition) is 0. The van der Waals surface area contributed by atoms with Gasteiger partial charge < -0.3 is 18.9 Å². The zero-order valence-electron chi connectivity index (χ0n) is 34.7. The van der Waals surface area contributed by atoms with E-state index in [1.165, 1.54) is 5.56 Å². The topological polar surface area (TPSA) is 48.8 Å². The van der Waals surface area contributed by atoms with Crippen LogP contribution in [0, 0.1) is 23.9 Å². The van der Waals surface area contributed by atoms with Crippen LogP contribution in [0.4, 0.5) is 0 Å². The van der Waals surface area contributed by atoms with Crippen molar-refractivity contribution in [1.82, 2.24) is 19.1 Å². The van der Waals surface area contributed by atoms with Gasteiger partial charge in [0.05, 0.1) is 16.7 Å². The number of para-hydroxylation sites is 2.